The zero-order valence-electron chi connectivity index (χ0n) is 12.1. The van der Waals surface area contributed by atoms with Crippen molar-refractivity contribution in [1.82, 2.24) is 20.1 Å². The maximum Gasteiger partial charge on any atom is 0.137 e. The van der Waals surface area contributed by atoms with Gasteiger partial charge < -0.3 is 10.0 Å². The Hall–Kier alpha value is -2.08. The SMILES string of the molecule is Oc1cccc(N2CCN(CCCc3ncn[nH]3)CC2)c1. The molecule has 1 saturated heterocycles. The molecule has 0 atom stereocenters. The lowest BCUT2D eigenvalue weighted by atomic mass is 10.2. The van der Waals surface area contributed by atoms with Crippen LogP contribution in [0.1, 0.15) is 12.2 Å². The molecule has 0 saturated carbocycles. The number of benzene rings is 1. The van der Waals surface area contributed by atoms with Gasteiger partial charge in [0.2, 0.25) is 0 Å². The van der Waals surface area contributed by atoms with E-state index in [9.17, 15) is 5.11 Å². The molecule has 1 fully saturated rings. The molecule has 0 bridgehead atoms. The minimum atomic E-state index is 0.335. The summed E-state index contributed by atoms with van der Waals surface area (Å²) < 4.78 is 0. The molecule has 21 heavy (non-hydrogen) atoms. The number of hydrogen-bond acceptors (Lipinski definition) is 5. The minimum Gasteiger partial charge on any atom is -0.508 e. The number of aromatic hydroxyl groups is 1. The van der Waals surface area contributed by atoms with Crippen LogP contribution in [0.4, 0.5) is 5.69 Å². The molecule has 2 aromatic rings. The van der Waals surface area contributed by atoms with Crippen molar-refractivity contribution in [1.29, 1.82) is 0 Å². The first-order valence-corrected chi connectivity index (χ1v) is 7.42. The molecular weight excluding hydrogens is 266 g/mol. The standard InChI is InChI=1S/C15H21N5O/c21-14-4-1-3-13(11-14)20-9-7-19(8-10-20)6-2-5-15-16-12-17-18-15/h1,3-4,11-12,21H,2,5-10H2,(H,16,17,18). The Morgan fingerprint density at radius 2 is 2.05 bits per heavy atom. The first-order valence-electron chi connectivity index (χ1n) is 7.42. The third-order valence-corrected chi connectivity index (χ3v) is 3.92. The van der Waals surface area contributed by atoms with E-state index in [1.54, 1.807) is 12.4 Å². The molecule has 0 amide bonds. The Morgan fingerprint density at radius 1 is 1.19 bits per heavy atom. The van der Waals surface area contributed by atoms with E-state index in [0.29, 0.717) is 5.75 Å². The average Bonchev–Trinajstić information content (AvgIpc) is 3.01. The molecule has 1 aromatic heterocycles. The number of aryl methyl sites for hydroxylation is 1. The van der Waals surface area contributed by atoms with Gasteiger partial charge in [-0.15, -0.1) is 0 Å². The van der Waals surface area contributed by atoms with Gasteiger partial charge in [-0.1, -0.05) is 6.07 Å². The van der Waals surface area contributed by atoms with Gasteiger partial charge in [-0.25, -0.2) is 4.98 Å². The number of phenolic OH excluding ortho intramolecular Hbond substituents is 1. The topological polar surface area (TPSA) is 68.3 Å². The summed E-state index contributed by atoms with van der Waals surface area (Å²) in [5.74, 6) is 1.30. The predicted molar refractivity (Wildman–Crippen MR) is 81.5 cm³/mol. The number of piperazine rings is 1. The Morgan fingerprint density at radius 3 is 2.76 bits per heavy atom. The molecule has 2 heterocycles. The Bertz CT molecular complexity index is 549. The first kappa shape index (κ1) is 13.9. The number of hydrogen-bond donors (Lipinski definition) is 2. The summed E-state index contributed by atoms with van der Waals surface area (Å²) in [5.41, 5.74) is 1.11. The number of aromatic amines is 1. The van der Waals surface area contributed by atoms with Crippen LogP contribution in [-0.4, -0.2) is 57.9 Å². The molecule has 1 aliphatic heterocycles. The highest BCUT2D eigenvalue weighted by molar-refractivity contribution is 5.50. The quantitative estimate of drug-likeness (QED) is 0.866. The van der Waals surface area contributed by atoms with Crippen molar-refractivity contribution in [3.63, 3.8) is 0 Å². The largest absolute Gasteiger partial charge is 0.508 e. The lowest BCUT2D eigenvalue weighted by Gasteiger charge is -2.36. The second-order valence-corrected chi connectivity index (χ2v) is 5.38. The van der Waals surface area contributed by atoms with E-state index >= 15 is 0 Å². The van der Waals surface area contributed by atoms with Crippen molar-refractivity contribution in [3.05, 3.63) is 36.4 Å². The Balaban J connectivity index is 1.42. The fraction of sp³-hybridized carbons (Fsp3) is 0.467. The molecule has 1 aromatic carbocycles. The summed E-state index contributed by atoms with van der Waals surface area (Å²) in [6, 6.07) is 7.50. The molecule has 0 unspecified atom stereocenters. The van der Waals surface area contributed by atoms with E-state index in [1.165, 1.54) is 0 Å². The summed E-state index contributed by atoms with van der Waals surface area (Å²) >= 11 is 0. The van der Waals surface area contributed by atoms with Gasteiger partial charge in [0.05, 0.1) is 0 Å². The lowest BCUT2D eigenvalue weighted by molar-refractivity contribution is 0.254. The zero-order valence-corrected chi connectivity index (χ0v) is 12.1. The highest BCUT2D eigenvalue weighted by Gasteiger charge is 2.17. The number of nitrogens with one attached hydrogen (secondary N) is 1. The minimum absolute atomic E-state index is 0.335. The average molecular weight is 287 g/mol. The Kier molecular flexibility index (Phi) is 4.35. The molecule has 0 radical (unpaired) electrons. The number of rotatable bonds is 5. The van der Waals surface area contributed by atoms with Crippen LogP contribution in [0, 0.1) is 0 Å². The molecule has 2 N–H and O–H groups in total. The van der Waals surface area contributed by atoms with Crippen LogP contribution >= 0.6 is 0 Å². The smallest absolute Gasteiger partial charge is 0.137 e. The summed E-state index contributed by atoms with van der Waals surface area (Å²) in [4.78, 5) is 8.95. The summed E-state index contributed by atoms with van der Waals surface area (Å²) in [5, 5.41) is 16.3. The van der Waals surface area contributed by atoms with Crippen molar-refractivity contribution in [2.45, 2.75) is 12.8 Å². The number of phenols is 1. The van der Waals surface area contributed by atoms with Gasteiger partial charge in [0.25, 0.3) is 0 Å². The van der Waals surface area contributed by atoms with Crippen LogP contribution < -0.4 is 4.90 Å². The first-order chi connectivity index (χ1) is 10.3. The highest BCUT2D eigenvalue weighted by Crippen LogP contribution is 2.21. The fourth-order valence-corrected chi connectivity index (χ4v) is 2.74. The molecule has 1 aliphatic rings. The summed E-state index contributed by atoms with van der Waals surface area (Å²) in [6.45, 7) is 5.23. The van der Waals surface area contributed by atoms with E-state index in [4.69, 9.17) is 0 Å². The predicted octanol–water partition coefficient (Wildman–Crippen LogP) is 1.27. The fourth-order valence-electron chi connectivity index (χ4n) is 2.74. The van der Waals surface area contributed by atoms with Crippen LogP contribution in [0.5, 0.6) is 5.75 Å². The van der Waals surface area contributed by atoms with Crippen LogP contribution in [0.3, 0.4) is 0 Å². The van der Waals surface area contributed by atoms with Crippen molar-refractivity contribution in [3.8, 4) is 5.75 Å². The second-order valence-electron chi connectivity index (χ2n) is 5.38. The molecule has 0 spiro atoms. The number of anilines is 1. The molecular formula is C15H21N5O. The number of H-pyrrole nitrogens is 1. The monoisotopic (exact) mass is 287 g/mol. The maximum absolute atomic E-state index is 9.55. The summed E-state index contributed by atoms with van der Waals surface area (Å²) in [6.07, 6.45) is 3.61. The third kappa shape index (κ3) is 3.72. The van der Waals surface area contributed by atoms with Crippen molar-refractivity contribution in [2.24, 2.45) is 0 Å². The van der Waals surface area contributed by atoms with Crippen LogP contribution in [0.15, 0.2) is 30.6 Å². The summed E-state index contributed by atoms with van der Waals surface area (Å²) in [7, 11) is 0. The second kappa shape index (κ2) is 6.58. The van der Waals surface area contributed by atoms with Gasteiger partial charge in [-0.05, 0) is 25.1 Å². The molecule has 6 heteroatoms. The van der Waals surface area contributed by atoms with Crippen LogP contribution in [-0.2, 0) is 6.42 Å². The van der Waals surface area contributed by atoms with E-state index in [1.807, 2.05) is 12.1 Å². The van der Waals surface area contributed by atoms with E-state index in [0.717, 1.165) is 57.1 Å². The van der Waals surface area contributed by atoms with Crippen LogP contribution in [0.25, 0.3) is 0 Å². The van der Waals surface area contributed by atoms with Gasteiger partial charge in [0.15, 0.2) is 0 Å². The van der Waals surface area contributed by atoms with Gasteiger partial charge in [-0.2, -0.15) is 5.10 Å². The molecule has 3 rings (SSSR count). The van der Waals surface area contributed by atoms with Crippen molar-refractivity contribution >= 4 is 5.69 Å². The zero-order chi connectivity index (χ0) is 14.5. The highest BCUT2D eigenvalue weighted by atomic mass is 16.3. The van der Waals surface area contributed by atoms with Gasteiger partial charge >= 0.3 is 0 Å². The Labute approximate surface area is 124 Å². The maximum atomic E-state index is 9.55. The molecule has 112 valence electrons. The molecule has 0 aliphatic carbocycles. The van der Waals surface area contributed by atoms with E-state index in [-0.39, 0.29) is 0 Å². The van der Waals surface area contributed by atoms with E-state index < -0.39 is 0 Å². The molecule has 6 nitrogen and oxygen atoms in total. The number of nitrogens with zero attached hydrogens (tertiary/aromatic N) is 4. The third-order valence-electron chi connectivity index (χ3n) is 3.92. The van der Waals surface area contributed by atoms with Crippen LogP contribution in [0.2, 0.25) is 0 Å². The van der Waals surface area contributed by atoms with Gasteiger partial charge in [-0.3, -0.25) is 10.00 Å². The van der Waals surface area contributed by atoms with Crippen molar-refractivity contribution < 1.29 is 5.11 Å². The van der Waals surface area contributed by atoms with Gasteiger partial charge in [0, 0.05) is 44.4 Å². The van der Waals surface area contributed by atoms with Gasteiger partial charge in [0.1, 0.15) is 17.9 Å². The number of aromatic nitrogens is 3. The normalized spacial score (nSPS) is 16.3. The lowest BCUT2D eigenvalue weighted by Crippen LogP contribution is -2.46. The van der Waals surface area contributed by atoms with Crippen molar-refractivity contribution in [2.75, 3.05) is 37.6 Å². The van der Waals surface area contributed by atoms with E-state index in [2.05, 4.69) is 31.0 Å².